The summed E-state index contributed by atoms with van der Waals surface area (Å²) in [6.07, 6.45) is 1.80. The van der Waals surface area contributed by atoms with Crippen molar-refractivity contribution in [2.24, 2.45) is 0 Å². The molecule has 2 heterocycles. The molecule has 34 heavy (non-hydrogen) atoms. The second kappa shape index (κ2) is 13.2. The molecule has 8 heteroatoms. The predicted molar refractivity (Wildman–Crippen MR) is 146 cm³/mol. The van der Waals surface area contributed by atoms with Gasteiger partial charge in [-0.15, -0.1) is 0 Å². The molecule has 2 aliphatic heterocycles. The highest BCUT2D eigenvalue weighted by molar-refractivity contribution is 8.76. The molecule has 4 rings (SSSR count). The van der Waals surface area contributed by atoms with Crippen molar-refractivity contribution < 1.29 is 9.59 Å². The van der Waals surface area contributed by atoms with E-state index >= 15 is 0 Å². The van der Waals surface area contributed by atoms with Gasteiger partial charge in [0.15, 0.2) is 0 Å². The minimum atomic E-state index is 0.737. The molecule has 0 amide bonds. The second-order valence-corrected chi connectivity index (χ2v) is 11.4. The summed E-state index contributed by atoms with van der Waals surface area (Å²) in [6, 6.07) is 15.8. The normalized spacial score (nSPS) is 17.6. The molecule has 0 aromatic heterocycles. The molecule has 0 saturated carbocycles. The van der Waals surface area contributed by atoms with Gasteiger partial charge in [0.1, 0.15) is 12.6 Å². The number of carbonyl (C=O) groups excluding carboxylic acids is 2. The van der Waals surface area contributed by atoms with Crippen LogP contribution in [0.5, 0.6) is 0 Å². The van der Waals surface area contributed by atoms with E-state index in [1.165, 1.54) is 22.9 Å². The summed E-state index contributed by atoms with van der Waals surface area (Å²) < 4.78 is 0. The Kier molecular flexibility index (Phi) is 9.74. The molecule has 2 saturated heterocycles. The van der Waals surface area contributed by atoms with Gasteiger partial charge >= 0.3 is 0 Å². The van der Waals surface area contributed by atoms with Crippen LogP contribution in [-0.2, 0) is 0 Å². The summed E-state index contributed by atoms with van der Waals surface area (Å²) in [5.74, 6) is 2.34. The first kappa shape index (κ1) is 25.1. The van der Waals surface area contributed by atoms with E-state index in [9.17, 15) is 9.59 Å². The molecule has 0 spiro atoms. The smallest absolute Gasteiger partial charge is 0.150 e. The molecule has 0 unspecified atom stereocenters. The third-order valence-electron chi connectivity index (χ3n) is 6.60. The number of piperazine rings is 2. The Hall–Kier alpha value is -2.00. The number of aldehydes is 2. The first-order valence-corrected chi connectivity index (χ1v) is 14.5. The van der Waals surface area contributed by atoms with Crippen molar-refractivity contribution >= 4 is 45.5 Å². The fourth-order valence-corrected chi connectivity index (χ4v) is 6.49. The quantitative estimate of drug-likeness (QED) is 0.264. The molecule has 0 aliphatic carbocycles. The maximum atomic E-state index is 10.8. The van der Waals surface area contributed by atoms with E-state index in [2.05, 4.69) is 43.9 Å². The Balaban J connectivity index is 1.03. The highest BCUT2D eigenvalue weighted by atomic mass is 33.1. The fourth-order valence-electron chi connectivity index (χ4n) is 4.44. The summed E-state index contributed by atoms with van der Waals surface area (Å²) in [4.78, 5) is 31.6. The number of benzene rings is 2. The van der Waals surface area contributed by atoms with Crippen molar-refractivity contribution in [1.29, 1.82) is 0 Å². The van der Waals surface area contributed by atoms with Crippen molar-refractivity contribution in [1.82, 2.24) is 9.80 Å². The van der Waals surface area contributed by atoms with Gasteiger partial charge in [-0.2, -0.15) is 0 Å². The van der Waals surface area contributed by atoms with Gasteiger partial charge in [0.05, 0.1) is 0 Å². The van der Waals surface area contributed by atoms with Crippen LogP contribution in [0.3, 0.4) is 0 Å². The van der Waals surface area contributed by atoms with E-state index in [0.29, 0.717) is 0 Å². The van der Waals surface area contributed by atoms with Crippen molar-refractivity contribution in [3.63, 3.8) is 0 Å². The van der Waals surface area contributed by atoms with E-state index < -0.39 is 0 Å². The summed E-state index contributed by atoms with van der Waals surface area (Å²) in [5.41, 5.74) is 3.90. The highest BCUT2D eigenvalue weighted by Gasteiger charge is 2.18. The van der Waals surface area contributed by atoms with E-state index in [0.717, 1.165) is 89.1 Å². The van der Waals surface area contributed by atoms with Crippen LogP contribution in [0.25, 0.3) is 0 Å². The molecule has 0 atom stereocenters. The molecule has 0 N–H and O–H groups in total. The lowest BCUT2D eigenvalue weighted by Gasteiger charge is -2.36. The summed E-state index contributed by atoms with van der Waals surface area (Å²) in [6.45, 7) is 10.9. The monoisotopic (exact) mass is 498 g/mol. The van der Waals surface area contributed by atoms with E-state index in [1.807, 2.05) is 45.9 Å². The van der Waals surface area contributed by atoms with Crippen molar-refractivity contribution in [3.05, 3.63) is 59.7 Å². The lowest BCUT2D eigenvalue weighted by molar-refractivity contribution is 0.111. The van der Waals surface area contributed by atoms with Gasteiger partial charge in [-0.25, -0.2) is 0 Å². The average molecular weight is 499 g/mol. The number of rotatable bonds is 11. The number of nitrogens with zero attached hydrogens (tertiary/aromatic N) is 4. The maximum Gasteiger partial charge on any atom is 0.150 e. The molecule has 2 aromatic carbocycles. The van der Waals surface area contributed by atoms with Crippen LogP contribution in [-0.4, -0.2) is 99.3 Å². The van der Waals surface area contributed by atoms with Crippen LogP contribution >= 0.6 is 21.6 Å². The van der Waals surface area contributed by atoms with Gasteiger partial charge in [0.25, 0.3) is 0 Å². The van der Waals surface area contributed by atoms with Crippen molar-refractivity contribution in [2.45, 2.75) is 0 Å². The molecular weight excluding hydrogens is 464 g/mol. The van der Waals surface area contributed by atoms with Crippen LogP contribution in [0.1, 0.15) is 20.7 Å². The first-order valence-electron chi connectivity index (χ1n) is 12.0. The van der Waals surface area contributed by atoms with E-state index in [4.69, 9.17) is 0 Å². The van der Waals surface area contributed by atoms with Gasteiger partial charge in [-0.3, -0.25) is 19.4 Å². The second-order valence-electron chi connectivity index (χ2n) is 8.72. The Bertz CT molecular complexity index is 819. The average Bonchev–Trinajstić information content (AvgIpc) is 2.91. The van der Waals surface area contributed by atoms with Crippen molar-refractivity contribution in [2.75, 3.05) is 86.8 Å². The van der Waals surface area contributed by atoms with Crippen LogP contribution in [0, 0.1) is 0 Å². The van der Waals surface area contributed by atoms with Gasteiger partial charge in [-0.05, 0) is 48.5 Å². The fraction of sp³-hybridized carbons (Fsp3) is 0.462. The van der Waals surface area contributed by atoms with Crippen molar-refractivity contribution in [3.8, 4) is 0 Å². The third-order valence-corrected chi connectivity index (χ3v) is 8.96. The van der Waals surface area contributed by atoms with Crippen LogP contribution in [0.2, 0.25) is 0 Å². The van der Waals surface area contributed by atoms with E-state index in [1.54, 1.807) is 0 Å². The predicted octanol–water partition coefficient (Wildman–Crippen LogP) is 3.64. The van der Waals surface area contributed by atoms with Crippen LogP contribution in [0.4, 0.5) is 11.4 Å². The molecule has 182 valence electrons. The minimum Gasteiger partial charge on any atom is -0.369 e. The van der Waals surface area contributed by atoms with E-state index in [-0.39, 0.29) is 0 Å². The lowest BCUT2D eigenvalue weighted by atomic mass is 10.2. The minimum absolute atomic E-state index is 0.737. The number of hydrogen-bond donors (Lipinski definition) is 0. The molecule has 2 aliphatic rings. The summed E-state index contributed by atoms with van der Waals surface area (Å²) in [5, 5.41) is 0. The van der Waals surface area contributed by atoms with Gasteiger partial charge in [0, 0.05) is 99.5 Å². The largest absolute Gasteiger partial charge is 0.369 e. The topological polar surface area (TPSA) is 47.1 Å². The molecule has 2 fully saturated rings. The Labute approximate surface area is 211 Å². The number of hydrogen-bond acceptors (Lipinski definition) is 8. The Morgan fingerprint density at radius 3 is 1.24 bits per heavy atom. The SMILES string of the molecule is O=Cc1ccc(N2CCN(CCSSCCN3CCN(c4ccc(C=O)cc4)CC3)CC2)cc1. The molecular formula is C26H34N4O2S2. The molecule has 6 nitrogen and oxygen atoms in total. The summed E-state index contributed by atoms with van der Waals surface area (Å²) in [7, 11) is 4.00. The van der Waals surface area contributed by atoms with Gasteiger partial charge < -0.3 is 9.80 Å². The number of anilines is 2. The first-order chi connectivity index (χ1) is 16.7. The van der Waals surface area contributed by atoms with Gasteiger partial charge in [-0.1, -0.05) is 21.6 Å². The molecule has 0 radical (unpaired) electrons. The standard InChI is InChI=1S/C26H34N4O2S2/c31-21-23-1-5-25(6-2-23)29-13-9-27(10-14-29)17-19-33-34-20-18-28-11-15-30(16-12-28)26-7-3-24(22-32)4-8-26/h1-8,21-22H,9-20H2. The van der Waals surface area contributed by atoms with Crippen LogP contribution < -0.4 is 9.80 Å². The van der Waals surface area contributed by atoms with Crippen LogP contribution in [0.15, 0.2) is 48.5 Å². The Morgan fingerprint density at radius 1 is 0.559 bits per heavy atom. The third kappa shape index (κ3) is 7.25. The zero-order chi connectivity index (χ0) is 23.6. The zero-order valence-electron chi connectivity index (χ0n) is 19.7. The molecule has 2 aromatic rings. The zero-order valence-corrected chi connectivity index (χ0v) is 21.3. The number of carbonyl (C=O) groups is 2. The molecule has 0 bridgehead atoms. The highest BCUT2D eigenvalue weighted by Crippen LogP contribution is 2.23. The maximum absolute atomic E-state index is 10.8. The summed E-state index contributed by atoms with van der Waals surface area (Å²) >= 11 is 0. The van der Waals surface area contributed by atoms with Gasteiger partial charge in [0.2, 0.25) is 0 Å². The Morgan fingerprint density at radius 2 is 0.912 bits per heavy atom. The lowest BCUT2D eigenvalue weighted by Crippen LogP contribution is -2.47.